The van der Waals surface area contributed by atoms with Crippen LogP contribution >= 0.6 is 23.2 Å². The van der Waals surface area contributed by atoms with E-state index in [1.54, 1.807) is 6.20 Å². The molecule has 5 heteroatoms. The molecule has 164 valence electrons. The van der Waals surface area contributed by atoms with Crippen molar-refractivity contribution >= 4 is 34.8 Å². The molecule has 2 atom stereocenters. The van der Waals surface area contributed by atoms with Crippen molar-refractivity contribution in [3.05, 3.63) is 94.8 Å². The standard InChI is InChI=1S/C27H26Cl2N2O/c1-3-8-19-13-14-24(25(26(19)29)20-9-6-10-21(28)17-20)31-16-7-11-22(27(31)32)18(2)23-12-4-5-15-30-23/h3-6,9-10,12-15,17-18,22H,1,7-8,11,16H2,2H3. The van der Waals surface area contributed by atoms with Gasteiger partial charge in [0.2, 0.25) is 5.91 Å². The molecule has 0 spiro atoms. The Morgan fingerprint density at radius 3 is 2.75 bits per heavy atom. The number of anilines is 1. The smallest absolute Gasteiger partial charge is 0.230 e. The molecule has 1 aliphatic heterocycles. The van der Waals surface area contributed by atoms with Crippen LogP contribution in [0.5, 0.6) is 0 Å². The maximum Gasteiger partial charge on any atom is 0.230 e. The van der Waals surface area contributed by atoms with Crippen LogP contribution in [0.25, 0.3) is 11.1 Å². The molecule has 0 radical (unpaired) electrons. The van der Waals surface area contributed by atoms with Crippen molar-refractivity contribution in [2.45, 2.75) is 32.1 Å². The fourth-order valence-corrected chi connectivity index (χ4v) is 5.06. The molecule has 3 nitrogen and oxygen atoms in total. The Morgan fingerprint density at radius 1 is 1.19 bits per heavy atom. The summed E-state index contributed by atoms with van der Waals surface area (Å²) in [7, 11) is 0. The van der Waals surface area contributed by atoms with Crippen LogP contribution in [0, 0.1) is 5.92 Å². The number of halogens is 2. The van der Waals surface area contributed by atoms with Crippen LogP contribution in [0.1, 0.15) is 36.9 Å². The highest BCUT2D eigenvalue weighted by atomic mass is 35.5. The van der Waals surface area contributed by atoms with E-state index in [1.807, 2.05) is 65.6 Å². The Bertz CT molecular complexity index is 1130. The molecular formula is C27H26Cl2N2O. The number of carbonyl (C=O) groups is 1. The fourth-order valence-electron chi connectivity index (χ4n) is 4.52. The van der Waals surface area contributed by atoms with Crippen LogP contribution in [0.15, 0.2) is 73.4 Å². The number of rotatable bonds is 6. The topological polar surface area (TPSA) is 33.2 Å². The summed E-state index contributed by atoms with van der Waals surface area (Å²) in [6.07, 6.45) is 6.04. The van der Waals surface area contributed by atoms with Gasteiger partial charge in [-0.3, -0.25) is 9.78 Å². The molecule has 1 saturated heterocycles. The average Bonchev–Trinajstić information content (AvgIpc) is 2.81. The summed E-state index contributed by atoms with van der Waals surface area (Å²) in [5.74, 6) is 0.0272. The van der Waals surface area contributed by atoms with Crippen molar-refractivity contribution in [1.82, 2.24) is 4.98 Å². The minimum atomic E-state index is -0.127. The molecule has 0 N–H and O–H groups in total. The SMILES string of the molecule is C=CCc1ccc(N2CCCC(C(C)c3ccccn3)C2=O)c(-c2cccc(Cl)c2)c1Cl. The van der Waals surface area contributed by atoms with Crippen LogP contribution in [-0.4, -0.2) is 17.4 Å². The second kappa shape index (κ2) is 9.89. The summed E-state index contributed by atoms with van der Waals surface area (Å²) in [5.41, 5.74) is 4.49. The third-order valence-electron chi connectivity index (χ3n) is 6.21. The first kappa shape index (κ1) is 22.6. The van der Waals surface area contributed by atoms with Crippen molar-refractivity contribution in [2.75, 3.05) is 11.4 Å². The number of hydrogen-bond acceptors (Lipinski definition) is 2. The van der Waals surface area contributed by atoms with Gasteiger partial charge in [0.1, 0.15) is 0 Å². The van der Waals surface area contributed by atoms with Gasteiger partial charge in [0, 0.05) is 40.9 Å². The fraction of sp³-hybridized carbons (Fsp3) is 0.259. The first-order chi connectivity index (χ1) is 15.5. The van der Waals surface area contributed by atoms with Gasteiger partial charge in [0.15, 0.2) is 0 Å². The monoisotopic (exact) mass is 464 g/mol. The van der Waals surface area contributed by atoms with Crippen molar-refractivity contribution < 1.29 is 4.79 Å². The van der Waals surface area contributed by atoms with Crippen LogP contribution in [0.3, 0.4) is 0 Å². The van der Waals surface area contributed by atoms with E-state index in [4.69, 9.17) is 23.2 Å². The molecule has 2 unspecified atom stereocenters. The van der Waals surface area contributed by atoms with E-state index in [0.717, 1.165) is 40.9 Å². The summed E-state index contributed by atoms with van der Waals surface area (Å²) in [5, 5.41) is 1.27. The first-order valence-corrected chi connectivity index (χ1v) is 11.7. The zero-order valence-corrected chi connectivity index (χ0v) is 19.6. The molecule has 0 saturated carbocycles. The molecule has 0 bridgehead atoms. The highest BCUT2D eigenvalue weighted by Gasteiger charge is 2.36. The Balaban J connectivity index is 1.77. The third kappa shape index (κ3) is 4.46. The van der Waals surface area contributed by atoms with E-state index >= 15 is 0 Å². The summed E-state index contributed by atoms with van der Waals surface area (Å²) in [6.45, 7) is 6.60. The number of pyridine rings is 1. The predicted molar refractivity (Wildman–Crippen MR) is 134 cm³/mol. The number of aromatic nitrogens is 1. The molecular weight excluding hydrogens is 439 g/mol. The number of benzene rings is 2. The molecule has 1 aliphatic rings. The highest BCUT2D eigenvalue weighted by Crippen LogP contribution is 2.43. The molecule has 1 fully saturated rings. The summed E-state index contributed by atoms with van der Waals surface area (Å²) >= 11 is 13.2. The van der Waals surface area contributed by atoms with E-state index in [9.17, 15) is 4.79 Å². The molecule has 4 rings (SSSR count). The van der Waals surface area contributed by atoms with Crippen molar-refractivity contribution in [1.29, 1.82) is 0 Å². The van der Waals surface area contributed by atoms with Gasteiger partial charge in [-0.05, 0) is 60.7 Å². The van der Waals surface area contributed by atoms with E-state index < -0.39 is 0 Å². The van der Waals surface area contributed by atoms with Gasteiger partial charge < -0.3 is 4.90 Å². The maximum atomic E-state index is 13.7. The van der Waals surface area contributed by atoms with Crippen molar-refractivity contribution in [3.63, 3.8) is 0 Å². The molecule has 2 aromatic carbocycles. The Morgan fingerprint density at radius 2 is 2.03 bits per heavy atom. The molecule has 1 amide bonds. The van der Waals surface area contributed by atoms with Crippen LogP contribution in [0.2, 0.25) is 10.0 Å². The molecule has 2 heterocycles. The summed E-state index contributed by atoms with van der Waals surface area (Å²) in [4.78, 5) is 20.1. The number of nitrogens with zero attached hydrogens (tertiary/aromatic N) is 2. The number of carbonyl (C=O) groups excluding carboxylic acids is 1. The molecule has 1 aromatic heterocycles. The van der Waals surface area contributed by atoms with Gasteiger partial charge in [-0.25, -0.2) is 0 Å². The maximum absolute atomic E-state index is 13.7. The molecule has 0 aliphatic carbocycles. The largest absolute Gasteiger partial charge is 0.311 e. The normalized spacial score (nSPS) is 17.3. The number of piperidine rings is 1. The predicted octanol–water partition coefficient (Wildman–Crippen LogP) is 7.33. The quantitative estimate of drug-likeness (QED) is 0.357. The molecule has 32 heavy (non-hydrogen) atoms. The van der Waals surface area contributed by atoms with E-state index in [0.29, 0.717) is 23.0 Å². The molecule has 3 aromatic rings. The lowest BCUT2D eigenvalue weighted by molar-refractivity contribution is -0.124. The van der Waals surface area contributed by atoms with E-state index in [1.165, 1.54) is 0 Å². The number of hydrogen-bond donors (Lipinski definition) is 0. The number of allylic oxidation sites excluding steroid dienone is 1. The Labute approximate surface area is 199 Å². The zero-order valence-electron chi connectivity index (χ0n) is 18.1. The van der Waals surface area contributed by atoms with Gasteiger partial charge >= 0.3 is 0 Å². The Kier molecular flexibility index (Phi) is 6.98. The second-order valence-electron chi connectivity index (χ2n) is 8.22. The van der Waals surface area contributed by atoms with Gasteiger partial charge in [0.05, 0.1) is 10.7 Å². The average molecular weight is 465 g/mol. The lowest BCUT2D eigenvalue weighted by atomic mass is 9.83. The van der Waals surface area contributed by atoms with E-state index in [2.05, 4.69) is 18.5 Å². The van der Waals surface area contributed by atoms with Crippen molar-refractivity contribution in [2.24, 2.45) is 5.92 Å². The van der Waals surface area contributed by atoms with Crippen LogP contribution < -0.4 is 4.90 Å². The third-order valence-corrected chi connectivity index (χ3v) is 6.87. The highest BCUT2D eigenvalue weighted by molar-refractivity contribution is 6.35. The lowest BCUT2D eigenvalue weighted by Crippen LogP contribution is -2.43. The van der Waals surface area contributed by atoms with Crippen molar-refractivity contribution in [3.8, 4) is 11.1 Å². The van der Waals surface area contributed by atoms with Gasteiger partial charge in [-0.2, -0.15) is 0 Å². The zero-order chi connectivity index (χ0) is 22.7. The Hall–Kier alpha value is -2.62. The minimum absolute atomic E-state index is 0.0385. The van der Waals surface area contributed by atoms with E-state index in [-0.39, 0.29) is 17.7 Å². The summed E-state index contributed by atoms with van der Waals surface area (Å²) < 4.78 is 0. The van der Waals surface area contributed by atoms with Crippen LogP contribution in [0.4, 0.5) is 5.69 Å². The van der Waals surface area contributed by atoms with Gasteiger partial charge in [-0.15, -0.1) is 6.58 Å². The second-order valence-corrected chi connectivity index (χ2v) is 9.03. The first-order valence-electron chi connectivity index (χ1n) is 10.9. The minimum Gasteiger partial charge on any atom is -0.311 e. The lowest BCUT2D eigenvalue weighted by Gasteiger charge is -2.36. The summed E-state index contributed by atoms with van der Waals surface area (Å²) in [6, 6.07) is 17.5. The van der Waals surface area contributed by atoms with Gasteiger partial charge in [-0.1, -0.05) is 60.5 Å². The number of amides is 1. The van der Waals surface area contributed by atoms with Crippen LogP contribution in [-0.2, 0) is 11.2 Å². The van der Waals surface area contributed by atoms with Gasteiger partial charge in [0.25, 0.3) is 0 Å².